The average Bonchev–Trinajstić information content (AvgIpc) is 2.22. The van der Waals surface area contributed by atoms with Crippen molar-refractivity contribution >= 4 is 5.91 Å². The molecular weight excluding hydrogens is 211 g/mol. The monoisotopic (exact) mass is 220 g/mol. The molecule has 0 atom stereocenters. The maximum Gasteiger partial charge on any atom is 0.253 e. The second kappa shape index (κ2) is 4.20. The minimum absolute atomic E-state index is 0.150. The highest BCUT2D eigenvalue weighted by Gasteiger charge is 2.30. The van der Waals surface area contributed by atoms with Gasteiger partial charge in [-0.3, -0.25) is 4.79 Å². The lowest BCUT2D eigenvalue weighted by molar-refractivity contribution is 0.0608. The Kier molecular flexibility index (Phi) is 2.74. The summed E-state index contributed by atoms with van der Waals surface area (Å²) in [6, 6.07) is 5.39. The van der Waals surface area contributed by atoms with Crippen molar-refractivity contribution in [3.8, 4) is 0 Å². The van der Waals surface area contributed by atoms with E-state index in [1.807, 2.05) is 0 Å². The van der Waals surface area contributed by atoms with Crippen LogP contribution in [0.15, 0.2) is 29.4 Å². The molecule has 0 unspecified atom stereocenters. The summed E-state index contributed by atoms with van der Waals surface area (Å²) in [6.07, 6.45) is 0. The summed E-state index contributed by atoms with van der Waals surface area (Å²) < 4.78 is 12.9. The van der Waals surface area contributed by atoms with Crippen molar-refractivity contribution in [3.05, 3.63) is 46.1 Å². The van der Waals surface area contributed by atoms with Gasteiger partial charge in [-0.15, -0.1) is 0 Å². The molecule has 1 fully saturated rings. The quantitative estimate of drug-likeness (QED) is 0.426. The Bertz CT molecular complexity index is 464. The molecule has 1 saturated heterocycles. The van der Waals surface area contributed by atoms with E-state index in [2.05, 4.69) is 10.0 Å². The molecular formula is C10H9FN4O. The SMILES string of the molecule is [N-]=[N+]=NC1CN(C(=O)c2cccc(F)c2)C1. The van der Waals surface area contributed by atoms with E-state index in [4.69, 9.17) is 5.53 Å². The van der Waals surface area contributed by atoms with Crippen LogP contribution in [-0.4, -0.2) is 29.9 Å². The van der Waals surface area contributed by atoms with Crippen LogP contribution in [0.25, 0.3) is 10.4 Å². The molecule has 1 aromatic rings. The molecule has 0 saturated carbocycles. The summed E-state index contributed by atoms with van der Waals surface area (Å²) in [5.41, 5.74) is 8.50. The Balaban J connectivity index is 2.02. The molecule has 0 aromatic heterocycles. The van der Waals surface area contributed by atoms with Gasteiger partial charge in [0.1, 0.15) is 5.82 Å². The lowest BCUT2D eigenvalue weighted by atomic mass is 10.1. The summed E-state index contributed by atoms with van der Waals surface area (Å²) >= 11 is 0. The number of azide groups is 1. The lowest BCUT2D eigenvalue weighted by Crippen LogP contribution is -2.52. The highest BCUT2D eigenvalue weighted by atomic mass is 19.1. The Labute approximate surface area is 91.1 Å². The first-order valence-corrected chi connectivity index (χ1v) is 4.80. The van der Waals surface area contributed by atoms with E-state index in [1.54, 1.807) is 6.07 Å². The third kappa shape index (κ3) is 1.97. The summed E-state index contributed by atoms with van der Waals surface area (Å²) in [4.78, 5) is 15.9. The smallest absolute Gasteiger partial charge is 0.253 e. The van der Waals surface area contributed by atoms with Gasteiger partial charge in [0.25, 0.3) is 5.91 Å². The normalized spacial score (nSPS) is 15.2. The zero-order valence-electron chi connectivity index (χ0n) is 8.38. The van der Waals surface area contributed by atoms with Crippen molar-refractivity contribution in [3.63, 3.8) is 0 Å². The fourth-order valence-electron chi connectivity index (χ4n) is 1.57. The molecule has 1 aliphatic rings. The fourth-order valence-corrected chi connectivity index (χ4v) is 1.57. The largest absolute Gasteiger partial charge is 0.338 e. The Hall–Kier alpha value is -2.07. The molecule has 0 radical (unpaired) electrons. The summed E-state index contributed by atoms with van der Waals surface area (Å²) in [7, 11) is 0. The molecule has 1 aliphatic heterocycles. The van der Waals surface area contributed by atoms with Gasteiger partial charge in [-0.05, 0) is 23.7 Å². The first-order chi connectivity index (χ1) is 7.70. The Morgan fingerprint density at radius 1 is 1.56 bits per heavy atom. The van der Waals surface area contributed by atoms with Crippen molar-refractivity contribution in [1.29, 1.82) is 0 Å². The molecule has 0 aliphatic carbocycles. The van der Waals surface area contributed by atoms with E-state index >= 15 is 0 Å². The first kappa shape index (κ1) is 10.4. The van der Waals surface area contributed by atoms with Gasteiger partial charge in [-0.25, -0.2) is 4.39 Å². The standard InChI is InChI=1S/C10H9FN4O/c11-8-3-1-2-7(4-8)10(16)15-5-9(6-15)13-14-12/h1-4,9H,5-6H2. The van der Waals surface area contributed by atoms with Gasteiger partial charge >= 0.3 is 0 Å². The highest BCUT2D eigenvalue weighted by molar-refractivity contribution is 5.94. The number of rotatable bonds is 2. The predicted octanol–water partition coefficient (Wildman–Crippen LogP) is 1.96. The molecule has 1 heterocycles. The van der Waals surface area contributed by atoms with Gasteiger partial charge in [0.15, 0.2) is 0 Å². The molecule has 1 amide bonds. The first-order valence-electron chi connectivity index (χ1n) is 4.80. The van der Waals surface area contributed by atoms with Crippen LogP contribution >= 0.6 is 0 Å². The Morgan fingerprint density at radius 3 is 2.94 bits per heavy atom. The number of likely N-dealkylation sites (tertiary alicyclic amines) is 1. The maximum atomic E-state index is 12.9. The third-order valence-corrected chi connectivity index (χ3v) is 2.44. The number of carbonyl (C=O) groups excluding carboxylic acids is 1. The number of benzene rings is 1. The zero-order chi connectivity index (χ0) is 11.5. The number of hydrogen-bond acceptors (Lipinski definition) is 2. The minimum atomic E-state index is -0.432. The topological polar surface area (TPSA) is 69.1 Å². The number of carbonyl (C=O) groups is 1. The van der Waals surface area contributed by atoms with Crippen LogP contribution in [0.4, 0.5) is 4.39 Å². The second-order valence-electron chi connectivity index (χ2n) is 3.58. The van der Waals surface area contributed by atoms with Gasteiger partial charge in [-0.1, -0.05) is 11.2 Å². The van der Waals surface area contributed by atoms with Crippen molar-refractivity contribution < 1.29 is 9.18 Å². The van der Waals surface area contributed by atoms with E-state index in [-0.39, 0.29) is 11.9 Å². The van der Waals surface area contributed by atoms with Gasteiger partial charge in [0.2, 0.25) is 0 Å². The van der Waals surface area contributed by atoms with Crippen LogP contribution in [-0.2, 0) is 0 Å². The number of hydrogen-bond donors (Lipinski definition) is 0. The van der Waals surface area contributed by atoms with Crippen LogP contribution in [0.1, 0.15) is 10.4 Å². The average molecular weight is 220 g/mol. The third-order valence-electron chi connectivity index (χ3n) is 2.44. The summed E-state index contributed by atoms with van der Waals surface area (Å²) in [5.74, 6) is -0.665. The second-order valence-corrected chi connectivity index (χ2v) is 3.58. The van der Waals surface area contributed by atoms with Crippen LogP contribution in [0.3, 0.4) is 0 Å². The summed E-state index contributed by atoms with van der Waals surface area (Å²) in [6.45, 7) is 0.804. The molecule has 1 aromatic carbocycles. The molecule has 2 rings (SSSR count). The zero-order valence-corrected chi connectivity index (χ0v) is 8.38. The molecule has 0 N–H and O–H groups in total. The van der Waals surface area contributed by atoms with Crippen molar-refractivity contribution in [2.75, 3.05) is 13.1 Å². The molecule has 6 heteroatoms. The molecule has 0 bridgehead atoms. The van der Waals surface area contributed by atoms with Crippen molar-refractivity contribution in [1.82, 2.24) is 4.90 Å². The van der Waals surface area contributed by atoms with Gasteiger partial charge < -0.3 is 4.90 Å². The van der Waals surface area contributed by atoms with Gasteiger partial charge in [-0.2, -0.15) is 0 Å². The Morgan fingerprint density at radius 2 is 2.31 bits per heavy atom. The molecule has 5 nitrogen and oxygen atoms in total. The maximum absolute atomic E-state index is 12.9. The number of halogens is 1. The molecule has 0 spiro atoms. The van der Waals surface area contributed by atoms with E-state index in [9.17, 15) is 9.18 Å². The van der Waals surface area contributed by atoms with Crippen molar-refractivity contribution in [2.45, 2.75) is 6.04 Å². The van der Waals surface area contributed by atoms with E-state index in [0.717, 1.165) is 0 Å². The minimum Gasteiger partial charge on any atom is -0.338 e. The van der Waals surface area contributed by atoms with Crippen LogP contribution < -0.4 is 0 Å². The number of amides is 1. The van der Waals surface area contributed by atoms with E-state index < -0.39 is 5.82 Å². The predicted molar refractivity (Wildman–Crippen MR) is 55.2 cm³/mol. The van der Waals surface area contributed by atoms with Crippen LogP contribution in [0.5, 0.6) is 0 Å². The van der Waals surface area contributed by atoms with Crippen LogP contribution in [0, 0.1) is 5.82 Å². The van der Waals surface area contributed by atoms with E-state index in [0.29, 0.717) is 18.7 Å². The lowest BCUT2D eigenvalue weighted by Gasteiger charge is -2.36. The van der Waals surface area contributed by atoms with Crippen molar-refractivity contribution in [2.24, 2.45) is 5.11 Å². The number of nitrogens with zero attached hydrogens (tertiary/aromatic N) is 4. The fraction of sp³-hybridized carbons (Fsp3) is 0.300. The summed E-state index contributed by atoms with van der Waals surface area (Å²) in [5, 5.41) is 3.49. The van der Waals surface area contributed by atoms with Crippen LogP contribution in [0.2, 0.25) is 0 Å². The molecule has 16 heavy (non-hydrogen) atoms. The van der Waals surface area contributed by atoms with Gasteiger partial charge in [0, 0.05) is 23.6 Å². The van der Waals surface area contributed by atoms with E-state index in [1.165, 1.54) is 23.1 Å². The highest BCUT2D eigenvalue weighted by Crippen LogP contribution is 2.16. The van der Waals surface area contributed by atoms with Gasteiger partial charge in [0.05, 0.1) is 6.04 Å². The molecule has 82 valence electrons.